The maximum atomic E-state index is 6.56. The van der Waals surface area contributed by atoms with Crippen molar-refractivity contribution in [1.29, 1.82) is 0 Å². The van der Waals surface area contributed by atoms with E-state index in [-0.39, 0.29) is 21.1 Å². The number of aryl methyl sites for hydroxylation is 6. The first-order valence-electron chi connectivity index (χ1n) is 31.1. The van der Waals surface area contributed by atoms with Gasteiger partial charge < -0.3 is 18.3 Å². The maximum absolute atomic E-state index is 6.56. The van der Waals surface area contributed by atoms with Crippen LogP contribution in [0.4, 0.5) is 0 Å². The number of pyridine rings is 4. The van der Waals surface area contributed by atoms with Crippen molar-refractivity contribution in [1.82, 2.24) is 37.5 Å². The van der Waals surface area contributed by atoms with Crippen molar-refractivity contribution < 1.29 is 42.4 Å². The Morgan fingerprint density at radius 2 is 0.740 bits per heavy atom. The van der Waals surface area contributed by atoms with Crippen molar-refractivity contribution in [3.63, 3.8) is 0 Å². The Kier molecular flexibility index (Phi) is 19.6. The molecule has 18 aromatic rings. The van der Waals surface area contributed by atoms with Crippen LogP contribution in [0.25, 0.3) is 132 Å². The van der Waals surface area contributed by atoms with E-state index < -0.39 is 11.9 Å². The molecule has 468 valence electrons. The van der Waals surface area contributed by atoms with E-state index in [0.717, 1.165) is 121 Å². The Labute approximate surface area is 631 Å². The van der Waals surface area contributed by atoms with Gasteiger partial charge >= 0.3 is 134 Å². The van der Waals surface area contributed by atoms with Crippen LogP contribution in [-0.2, 0) is 33.0 Å². The summed E-state index contributed by atoms with van der Waals surface area (Å²) in [7, 11) is 20.0. The zero-order chi connectivity index (χ0) is 65.6. The van der Waals surface area contributed by atoms with Crippen LogP contribution < -0.4 is 9.47 Å². The average molecular weight is 1750 g/mol. The number of fused-ring (bicyclic) bond motifs is 24. The normalized spacial score (nSPS) is 11.9. The fourth-order valence-electron chi connectivity index (χ4n) is 14.2. The minimum atomic E-state index is -3.06. The quantitative estimate of drug-likeness (QED) is 0.0936. The third-order valence-electron chi connectivity index (χ3n) is 17.7. The van der Waals surface area contributed by atoms with Crippen LogP contribution in [0.3, 0.4) is 0 Å². The summed E-state index contributed by atoms with van der Waals surface area (Å²) >= 11 is -0.556. The summed E-state index contributed by atoms with van der Waals surface area (Å²) in [6.07, 6.45) is 11.7. The molecular weight excluding hydrogens is 1690 g/mol. The number of para-hydroxylation sites is 4. The Hall–Kier alpha value is -5.55. The molecule has 0 aliphatic rings. The van der Waals surface area contributed by atoms with Crippen molar-refractivity contribution in [2.75, 3.05) is 0 Å². The number of hydrogen-bond acceptors (Lipinski definition) is 6. The molecule has 0 saturated heterocycles. The summed E-state index contributed by atoms with van der Waals surface area (Å²) in [5.41, 5.74) is 20.2. The molecular formula is C78H54Cl4K2N8O2Pt2. The van der Waals surface area contributed by atoms with E-state index in [1.54, 1.807) is 0 Å². The second-order valence-corrected chi connectivity index (χ2v) is 43.3. The molecule has 8 aromatic heterocycles. The number of rotatable bonds is 6. The summed E-state index contributed by atoms with van der Waals surface area (Å²) < 4.78 is 21.8. The van der Waals surface area contributed by atoms with Crippen molar-refractivity contribution >= 4 is 210 Å². The minimum Gasteiger partial charge on any atom is 2.00 e. The van der Waals surface area contributed by atoms with Crippen LogP contribution >= 0.6 is 37.7 Å². The predicted octanol–water partition coefficient (Wildman–Crippen LogP) is 21.6. The van der Waals surface area contributed by atoms with Crippen molar-refractivity contribution in [2.45, 2.75) is 41.5 Å². The number of aromatic nitrogens is 8. The molecule has 0 fully saturated rings. The van der Waals surface area contributed by atoms with E-state index in [1.807, 2.05) is 55.4 Å². The van der Waals surface area contributed by atoms with Gasteiger partial charge in [-0.3, -0.25) is 18.8 Å². The van der Waals surface area contributed by atoms with Crippen LogP contribution in [-0.4, -0.2) is 101 Å². The SMILES string of the molecule is Cc1cc(C)c(-c2cnc3c4[c-]c(Oc5[c-]c6c(cc5)c5ccccc5n5ccnc65)ccc4c4ccccc4n23)c(C)c1.Cc1cc(C)c(-c2cnc3c4cc(Oc5ccc6c7ccccc7n7ccnc7c6c5)ccc4c4ccccc4n23)c(C)c1.[Cl][Pt]([Cl])([Cl])[Cl].[K][K].[Pt+2]. The van der Waals surface area contributed by atoms with E-state index >= 15 is 0 Å². The first kappa shape index (κ1) is 67.6. The second kappa shape index (κ2) is 27.9. The van der Waals surface area contributed by atoms with Gasteiger partial charge in [-0.15, -0.1) is 12.1 Å². The van der Waals surface area contributed by atoms with Gasteiger partial charge in [-0.2, -0.15) is 0 Å². The fourth-order valence-corrected chi connectivity index (χ4v) is 14.2. The molecule has 0 unspecified atom stereocenters. The van der Waals surface area contributed by atoms with Crippen LogP contribution in [0.15, 0.2) is 219 Å². The number of benzene rings is 10. The maximum Gasteiger partial charge on any atom is 2.00 e. The molecule has 0 aliphatic carbocycles. The van der Waals surface area contributed by atoms with Crippen LogP contribution in [0.5, 0.6) is 23.0 Å². The van der Waals surface area contributed by atoms with Crippen LogP contribution in [0.1, 0.15) is 33.4 Å². The summed E-state index contributed by atoms with van der Waals surface area (Å²) in [5.74, 6) is 2.75. The molecule has 0 amide bonds. The van der Waals surface area contributed by atoms with Gasteiger partial charge in [0, 0.05) is 86.2 Å². The van der Waals surface area contributed by atoms with Gasteiger partial charge in [0.1, 0.15) is 22.8 Å². The summed E-state index contributed by atoms with van der Waals surface area (Å²) in [4.78, 5) is 19.3. The van der Waals surface area contributed by atoms with Crippen molar-refractivity contribution in [2.24, 2.45) is 0 Å². The largest absolute Gasteiger partial charge is 2.00 e. The van der Waals surface area contributed by atoms with Gasteiger partial charge in [0.2, 0.25) is 0 Å². The fraction of sp³-hybridized carbons (Fsp3) is 0.0769. The number of nitrogens with zero attached hydrogens (tertiary/aromatic N) is 8. The topological polar surface area (TPSA) is 87.7 Å². The monoisotopic (exact) mass is 1740 g/mol. The number of hydrogen-bond donors (Lipinski definition) is 0. The number of halogens is 4. The van der Waals surface area contributed by atoms with E-state index in [1.165, 1.54) is 118 Å². The molecule has 18 rings (SSSR count). The Bertz CT molecular complexity index is 5730. The standard InChI is InChI=1S/C39H28N4O.C39H26N4O.4ClH.2K.2Pt/c2*1-23-18-24(2)37(25(3)19-23)36-22-41-39-33-21-27(13-15-29(33)31-9-5-7-11-35(31)43(36)39)44-26-12-14-28-30-8-4-6-10-34(30)42-17-16-40-38(42)32(28)20-26;;;;;;;;/h4-22H,1-3H3;4-19,22H,1-3H3;4*1H;;;;/q;-2;;;;;;;+2;+4/p-4. The van der Waals surface area contributed by atoms with Gasteiger partial charge in [0.05, 0.1) is 39.9 Å². The molecule has 0 N–H and O–H groups in total. The predicted molar refractivity (Wildman–Crippen MR) is 393 cm³/mol. The zero-order valence-corrected chi connectivity index (χ0v) is 67.1. The van der Waals surface area contributed by atoms with Crippen LogP contribution in [0, 0.1) is 53.7 Å². The van der Waals surface area contributed by atoms with Crippen LogP contribution in [0.2, 0.25) is 0 Å². The molecule has 96 heavy (non-hydrogen) atoms. The number of imidazole rings is 4. The van der Waals surface area contributed by atoms with Gasteiger partial charge in [0.25, 0.3) is 0 Å². The molecule has 0 aliphatic heterocycles. The van der Waals surface area contributed by atoms with Gasteiger partial charge in [0.15, 0.2) is 0 Å². The first-order valence-corrected chi connectivity index (χ1v) is 58.4. The molecule has 8 heterocycles. The molecule has 0 saturated carbocycles. The average Bonchev–Trinajstić information content (AvgIpc) is 1.45. The zero-order valence-electron chi connectivity index (χ0n) is 53.3. The molecule has 10 aromatic carbocycles. The van der Waals surface area contributed by atoms with Gasteiger partial charge in [-0.1, -0.05) is 154 Å². The Morgan fingerprint density at radius 1 is 0.375 bits per heavy atom. The third kappa shape index (κ3) is 12.5. The van der Waals surface area contributed by atoms with E-state index in [0.29, 0.717) is 11.5 Å². The second-order valence-electron chi connectivity index (χ2n) is 23.6. The molecule has 0 atom stereocenters. The Morgan fingerprint density at radius 3 is 1.23 bits per heavy atom. The molecule has 18 heteroatoms. The molecule has 0 bridgehead atoms. The molecule has 10 nitrogen and oxygen atoms in total. The van der Waals surface area contributed by atoms with Crippen molar-refractivity contribution in [3.05, 3.63) is 265 Å². The minimum absolute atomic E-state index is 0. The number of ether oxygens (including phenoxy) is 2. The van der Waals surface area contributed by atoms with Crippen molar-refractivity contribution in [3.8, 4) is 45.5 Å². The summed E-state index contributed by atoms with van der Waals surface area (Å²) in [5, 5.41) is 13.1. The van der Waals surface area contributed by atoms with Gasteiger partial charge in [-0.05, 0) is 146 Å². The summed E-state index contributed by atoms with van der Waals surface area (Å²) in [6, 6.07) is 70.7. The first-order chi connectivity index (χ1) is 46.1. The van der Waals surface area contributed by atoms with Gasteiger partial charge in [-0.25, -0.2) is 9.97 Å². The summed E-state index contributed by atoms with van der Waals surface area (Å²) in [6.45, 7) is 13.0. The van der Waals surface area contributed by atoms with E-state index in [9.17, 15) is 0 Å². The third-order valence-corrected chi connectivity index (χ3v) is 17.7. The Balaban J connectivity index is 0.000000149. The molecule has 0 radical (unpaired) electrons. The van der Waals surface area contributed by atoms with E-state index in [2.05, 4.69) is 245 Å². The smallest absolute Gasteiger partial charge is 2.00 e. The van der Waals surface area contributed by atoms with E-state index in [4.69, 9.17) is 57.1 Å². The molecule has 0 spiro atoms.